The zero-order valence-electron chi connectivity index (χ0n) is 11.6. The zero-order chi connectivity index (χ0) is 14.4. The minimum absolute atomic E-state index is 0.0658. The van der Waals surface area contributed by atoms with Gasteiger partial charge in [-0.05, 0) is 26.0 Å². The third-order valence-corrected chi connectivity index (χ3v) is 2.79. The number of pyridine rings is 1. The van der Waals surface area contributed by atoms with Gasteiger partial charge in [-0.1, -0.05) is 0 Å². The van der Waals surface area contributed by atoms with Crippen LogP contribution in [0.3, 0.4) is 0 Å². The average molecular weight is 265 g/mol. The van der Waals surface area contributed by atoms with E-state index >= 15 is 0 Å². The number of amides is 1. The fourth-order valence-corrected chi connectivity index (χ4v) is 1.55. The number of carbonyl (C=O) groups is 2. The summed E-state index contributed by atoms with van der Waals surface area (Å²) >= 11 is 0. The van der Waals surface area contributed by atoms with Crippen LogP contribution in [0.15, 0.2) is 18.3 Å². The molecule has 0 bridgehead atoms. The number of esters is 1. The number of hydrogen-bond acceptors (Lipinski definition) is 5. The van der Waals surface area contributed by atoms with Crippen LogP contribution in [0.5, 0.6) is 0 Å². The van der Waals surface area contributed by atoms with Gasteiger partial charge in [0.15, 0.2) is 0 Å². The molecule has 1 aromatic heterocycles. The highest BCUT2D eigenvalue weighted by Gasteiger charge is 2.20. The van der Waals surface area contributed by atoms with Gasteiger partial charge in [0.25, 0.3) is 0 Å². The summed E-state index contributed by atoms with van der Waals surface area (Å²) in [5.41, 5.74) is 0.309. The second-order valence-electron chi connectivity index (χ2n) is 4.11. The lowest BCUT2D eigenvalue weighted by Crippen LogP contribution is -2.39. The third-order valence-electron chi connectivity index (χ3n) is 2.79. The summed E-state index contributed by atoms with van der Waals surface area (Å²) in [6, 6.07) is 2.77. The lowest BCUT2D eigenvalue weighted by Gasteiger charge is -2.21. The fraction of sp³-hybridized carbons (Fsp3) is 0.462. The van der Waals surface area contributed by atoms with E-state index in [0.717, 1.165) is 0 Å². The van der Waals surface area contributed by atoms with Gasteiger partial charge in [0.05, 0.1) is 7.11 Å². The molecule has 0 aliphatic heterocycles. The molecule has 1 aromatic rings. The number of nitrogens with one attached hydrogen (secondary N) is 1. The van der Waals surface area contributed by atoms with Crippen molar-refractivity contribution in [3.8, 4) is 0 Å². The third kappa shape index (κ3) is 3.67. The number of hydrogen-bond donors (Lipinski definition) is 1. The predicted octanol–water partition coefficient (Wildman–Crippen LogP) is 1.15. The number of rotatable bonds is 5. The Morgan fingerprint density at radius 3 is 2.79 bits per heavy atom. The van der Waals surface area contributed by atoms with Crippen LogP contribution >= 0.6 is 0 Å². The number of methoxy groups -OCH3 is 1. The van der Waals surface area contributed by atoms with Crippen molar-refractivity contribution in [1.82, 2.24) is 9.88 Å². The van der Waals surface area contributed by atoms with E-state index in [2.05, 4.69) is 15.0 Å². The van der Waals surface area contributed by atoms with Crippen molar-refractivity contribution in [2.75, 3.05) is 26.0 Å². The maximum atomic E-state index is 11.9. The van der Waals surface area contributed by atoms with E-state index in [-0.39, 0.29) is 5.91 Å². The maximum Gasteiger partial charge on any atom is 0.341 e. The summed E-state index contributed by atoms with van der Waals surface area (Å²) < 4.78 is 4.67. The molecule has 0 saturated heterocycles. The first kappa shape index (κ1) is 14.9. The van der Waals surface area contributed by atoms with Gasteiger partial charge in [-0.25, -0.2) is 9.78 Å². The van der Waals surface area contributed by atoms with Gasteiger partial charge in [0.1, 0.15) is 17.4 Å². The number of nitrogens with zero attached hydrogens (tertiary/aromatic N) is 2. The Morgan fingerprint density at radius 1 is 1.53 bits per heavy atom. The highest BCUT2D eigenvalue weighted by molar-refractivity contribution is 5.95. The molecule has 6 heteroatoms. The van der Waals surface area contributed by atoms with Gasteiger partial charge in [0.2, 0.25) is 5.91 Å². The molecule has 0 saturated carbocycles. The standard InChI is InChI=1S/C13H19N3O3/c1-5-16(3)12(17)9(2)15-11-10(13(18)19-4)7-6-8-14-11/h6-9H,5H2,1-4H3,(H,14,15). The molecule has 0 spiro atoms. The molecule has 0 aromatic carbocycles. The lowest BCUT2D eigenvalue weighted by atomic mass is 10.2. The van der Waals surface area contributed by atoms with Crippen LogP contribution in [-0.4, -0.2) is 48.5 Å². The molecule has 0 fully saturated rings. The van der Waals surface area contributed by atoms with Crippen LogP contribution in [-0.2, 0) is 9.53 Å². The summed E-state index contributed by atoms with van der Waals surface area (Å²) in [4.78, 5) is 29.2. The molecular weight excluding hydrogens is 246 g/mol. The maximum absolute atomic E-state index is 11.9. The molecule has 1 rings (SSSR count). The van der Waals surface area contributed by atoms with E-state index < -0.39 is 12.0 Å². The highest BCUT2D eigenvalue weighted by Crippen LogP contribution is 2.14. The summed E-state index contributed by atoms with van der Waals surface area (Å²) in [6.07, 6.45) is 1.55. The Hall–Kier alpha value is -2.11. The van der Waals surface area contributed by atoms with Crippen molar-refractivity contribution < 1.29 is 14.3 Å². The Labute approximate surface area is 112 Å². The Morgan fingerprint density at radius 2 is 2.21 bits per heavy atom. The van der Waals surface area contributed by atoms with E-state index in [1.807, 2.05) is 6.92 Å². The largest absolute Gasteiger partial charge is 0.465 e. The van der Waals surface area contributed by atoms with E-state index in [1.54, 1.807) is 37.2 Å². The molecule has 6 nitrogen and oxygen atoms in total. The van der Waals surface area contributed by atoms with Crippen LogP contribution in [0.2, 0.25) is 0 Å². The van der Waals surface area contributed by atoms with E-state index in [0.29, 0.717) is 17.9 Å². The second kappa shape index (κ2) is 6.72. The molecular formula is C13H19N3O3. The minimum atomic E-state index is -0.487. The average Bonchev–Trinajstić information content (AvgIpc) is 2.45. The molecule has 0 radical (unpaired) electrons. The first-order chi connectivity index (χ1) is 9.01. The molecule has 104 valence electrons. The van der Waals surface area contributed by atoms with Crippen LogP contribution in [0.4, 0.5) is 5.82 Å². The number of carbonyl (C=O) groups excluding carboxylic acids is 2. The Bertz CT molecular complexity index is 462. The highest BCUT2D eigenvalue weighted by atomic mass is 16.5. The molecule has 0 aliphatic rings. The van der Waals surface area contributed by atoms with Crippen LogP contribution in [0, 0.1) is 0 Å². The quantitative estimate of drug-likeness (QED) is 0.808. The van der Waals surface area contributed by atoms with Crippen molar-refractivity contribution in [3.63, 3.8) is 0 Å². The molecule has 0 aliphatic carbocycles. The molecule has 1 atom stereocenters. The predicted molar refractivity (Wildman–Crippen MR) is 72.0 cm³/mol. The number of likely N-dealkylation sites (N-methyl/N-ethyl adjacent to an activating group) is 1. The smallest absolute Gasteiger partial charge is 0.341 e. The van der Waals surface area contributed by atoms with Crippen LogP contribution < -0.4 is 5.32 Å². The van der Waals surface area contributed by atoms with Crippen LogP contribution in [0.1, 0.15) is 24.2 Å². The summed E-state index contributed by atoms with van der Waals surface area (Å²) in [7, 11) is 3.03. The van der Waals surface area contributed by atoms with Gasteiger partial charge in [-0.3, -0.25) is 4.79 Å². The molecule has 19 heavy (non-hydrogen) atoms. The van der Waals surface area contributed by atoms with Crippen molar-refractivity contribution in [2.24, 2.45) is 0 Å². The van der Waals surface area contributed by atoms with Gasteiger partial charge in [0, 0.05) is 19.8 Å². The summed E-state index contributed by atoms with van der Waals surface area (Å²) in [5.74, 6) is -0.206. The van der Waals surface area contributed by atoms with Crippen LogP contribution in [0.25, 0.3) is 0 Å². The van der Waals surface area contributed by atoms with Crippen molar-refractivity contribution in [3.05, 3.63) is 23.9 Å². The minimum Gasteiger partial charge on any atom is -0.465 e. The molecule has 1 unspecified atom stereocenters. The zero-order valence-corrected chi connectivity index (χ0v) is 11.6. The monoisotopic (exact) mass is 265 g/mol. The van der Waals surface area contributed by atoms with Gasteiger partial charge in [-0.2, -0.15) is 0 Å². The second-order valence-corrected chi connectivity index (χ2v) is 4.11. The first-order valence-electron chi connectivity index (χ1n) is 6.06. The summed E-state index contributed by atoms with van der Waals surface area (Å²) in [5, 5.41) is 2.94. The fourth-order valence-electron chi connectivity index (χ4n) is 1.55. The topological polar surface area (TPSA) is 71.5 Å². The van der Waals surface area contributed by atoms with Gasteiger partial charge in [-0.15, -0.1) is 0 Å². The van der Waals surface area contributed by atoms with E-state index in [4.69, 9.17) is 0 Å². The normalized spacial score (nSPS) is 11.6. The van der Waals surface area contributed by atoms with Crippen molar-refractivity contribution >= 4 is 17.7 Å². The Kier molecular flexibility index (Phi) is 5.29. The van der Waals surface area contributed by atoms with Gasteiger partial charge < -0.3 is 15.0 Å². The SMILES string of the molecule is CCN(C)C(=O)C(C)Nc1ncccc1C(=O)OC. The summed E-state index contributed by atoms with van der Waals surface area (Å²) in [6.45, 7) is 4.24. The number of aromatic nitrogens is 1. The Balaban J connectivity index is 2.88. The number of anilines is 1. The molecule has 1 N–H and O–H groups in total. The van der Waals surface area contributed by atoms with Gasteiger partial charge >= 0.3 is 5.97 Å². The lowest BCUT2D eigenvalue weighted by molar-refractivity contribution is -0.130. The van der Waals surface area contributed by atoms with Crippen molar-refractivity contribution in [1.29, 1.82) is 0 Å². The number of ether oxygens (including phenoxy) is 1. The van der Waals surface area contributed by atoms with E-state index in [1.165, 1.54) is 7.11 Å². The molecule has 1 heterocycles. The van der Waals surface area contributed by atoms with E-state index in [9.17, 15) is 9.59 Å². The first-order valence-corrected chi connectivity index (χ1v) is 6.06. The van der Waals surface area contributed by atoms with Crippen molar-refractivity contribution in [2.45, 2.75) is 19.9 Å². The molecule has 1 amide bonds.